The van der Waals surface area contributed by atoms with Crippen LogP contribution in [-0.2, 0) is 11.2 Å². The van der Waals surface area contributed by atoms with E-state index in [0.29, 0.717) is 6.42 Å². The van der Waals surface area contributed by atoms with Crippen LogP contribution in [0.2, 0.25) is 0 Å². The molecule has 1 amide bonds. The minimum Gasteiger partial charge on any atom is -0.322 e. The number of carbonyl (C=O) groups excluding carboxylic acids is 1. The van der Waals surface area contributed by atoms with Gasteiger partial charge in [-0.05, 0) is 36.6 Å². The van der Waals surface area contributed by atoms with E-state index in [9.17, 15) is 9.18 Å². The lowest BCUT2D eigenvalue weighted by Gasteiger charge is -2.11. The number of halogens is 1. The maximum atomic E-state index is 13.6. The molecule has 21 heavy (non-hydrogen) atoms. The highest BCUT2D eigenvalue weighted by molar-refractivity contribution is 5.94. The van der Waals surface area contributed by atoms with E-state index >= 15 is 0 Å². The molecule has 1 N–H and O–H groups in total. The first-order chi connectivity index (χ1) is 10.1. The molecule has 2 aromatic rings. The molecular weight excluding hydrogens is 267 g/mol. The lowest BCUT2D eigenvalue weighted by Crippen LogP contribution is -2.24. The Morgan fingerprint density at radius 1 is 1.29 bits per heavy atom. The van der Waals surface area contributed by atoms with Crippen molar-refractivity contribution >= 4 is 11.6 Å². The predicted molar refractivity (Wildman–Crippen MR) is 79.0 cm³/mol. The largest absolute Gasteiger partial charge is 0.322 e. The van der Waals surface area contributed by atoms with Crippen molar-refractivity contribution in [3.05, 3.63) is 65.5 Å². The highest BCUT2D eigenvalue weighted by Crippen LogP contribution is 2.17. The number of nitrogens with zero attached hydrogens (tertiary/aromatic N) is 1. The first kappa shape index (κ1) is 14.7. The van der Waals surface area contributed by atoms with E-state index in [0.717, 1.165) is 11.1 Å². The van der Waals surface area contributed by atoms with Crippen molar-refractivity contribution in [1.82, 2.24) is 0 Å². The van der Waals surface area contributed by atoms with Gasteiger partial charge >= 0.3 is 0 Å². The second-order valence-electron chi connectivity index (χ2n) is 4.84. The Kier molecular flexibility index (Phi) is 4.68. The Bertz CT molecular complexity index is 677. The van der Waals surface area contributed by atoms with Crippen LogP contribution in [0.3, 0.4) is 0 Å². The van der Waals surface area contributed by atoms with Crippen LogP contribution in [0.4, 0.5) is 10.1 Å². The van der Waals surface area contributed by atoms with E-state index in [1.165, 1.54) is 6.07 Å². The van der Waals surface area contributed by atoms with E-state index in [4.69, 9.17) is 5.26 Å². The molecule has 0 bridgehead atoms. The SMILES string of the molecule is Cc1ccc(F)c(NC(=O)C(C#N)Cc2ccccc2)c1. The number of carbonyl (C=O) groups is 1. The zero-order valence-electron chi connectivity index (χ0n) is 11.6. The zero-order valence-corrected chi connectivity index (χ0v) is 11.6. The summed E-state index contributed by atoms with van der Waals surface area (Å²) in [5.74, 6) is -1.86. The molecule has 0 aliphatic heterocycles. The Balaban J connectivity index is 2.10. The number of nitrogens with one attached hydrogen (secondary N) is 1. The molecule has 2 aromatic carbocycles. The fourth-order valence-electron chi connectivity index (χ4n) is 2.00. The van der Waals surface area contributed by atoms with Crippen LogP contribution in [0.25, 0.3) is 0 Å². The molecule has 106 valence electrons. The van der Waals surface area contributed by atoms with Gasteiger partial charge in [0.2, 0.25) is 5.91 Å². The van der Waals surface area contributed by atoms with Crippen LogP contribution in [0.5, 0.6) is 0 Å². The van der Waals surface area contributed by atoms with Crippen molar-refractivity contribution in [3.8, 4) is 6.07 Å². The monoisotopic (exact) mass is 282 g/mol. The van der Waals surface area contributed by atoms with Crippen LogP contribution < -0.4 is 5.32 Å². The zero-order chi connectivity index (χ0) is 15.2. The first-order valence-electron chi connectivity index (χ1n) is 6.60. The third-order valence-electron chi connectivity index (χ3n) is 3.13. The molecule has 0 aromatic heterocycles. The Morgan fingerprint density at radius 3 is 2.67 bits per heavy atom. The molecule has 0 fully saturated rings. The fraction of sp³-hybridized carbons (Fsp3) is 0.176. The molecule has 0 saturated heterocycles. The van der Waals surface area contributed by atoms with Gasteiger partial charge in [-0.15, -0.1) is 0 Å². The number of hydrogen-bond acceptors (Lipinski definition) is 2. The Morgan fingerprint density at radius 2 is 2.00 bits per heavy atom. The maximum absolute atomic E-state index is 13.6. The predicted octanol–water partition coefficient (Wildman–Crippen LogP) is 3.46. The Labute approximate surface area is 123 Å². The number of hydrogen-bond donors (Lipinski definition) is 1. The molecule has 0 spiro atoms. The summed E-state index contributed by atoms with van der Waals surface area (Å²) in [5, 5.41) is 11.6. The van der Waals surface area contributed by atoms with Crippen LogP contribution >= 0.6 is 0 Å². The molecule has 1 atom stereocenters. The average Bonchev–Trinajstić information content (AvgIpc) is 2.49. The van der Waals surface area contributed by atoms with Crippen LogP contribution in [0.15, 0.2) is 48.5 Å². The third kappa shape index (κ3) is 3.90. The molecule has 0 radical (unpaired) electrons. The average molecular weight is 282 g/mol. The number of anilines is 1. The second kappa shape index (κ2) is 6.67. The fourth-order valence-corrected chi connectivity index (χ4v) is 2.00. The molecule has 0 heterocycles. The standard InChI is InChI=1S/C17H15FN2O/c1-12-7-8-15(18)16(9-12)20-17(21)14(11-19)10-13-5-3-2-4-6-13/h2-9,14H,10H2,1H3,(H,20,21). The molecule has 0 aliphatic rings. The van der Waals surface area contributed by atoms with Crippen molar-refractivity contribution in [2.24, 2.45) is 5.92 Å². The van der Waals surface area contributed by atoms with Crippen LogP contribution in [-0.4, -0.2) is 5.91 Å². The molecule has 0 aliphatic carbocycles. The van der Waals surface area contributed by atoms with E-state index in [-0.39, 0.29) is 5.69 Å². The van der Waals surface area contributed by atoms with Gasteiger partial charge in [0.15, 0.2) is 0 Å². The van der Waals surface area contributed by atoms with Gasteiger partial charge in [-0.2, -0.15) is 5.26 Å². The summed E-state index contributed by atoms with van der Waals surface area (Å²) in [5.41, 5.74) is 1.83. The van der Waals surface area contributed by atoms with Gasteiger partial charge in [0.25, 0.3) is 0 Å². The summed E-state index contributed by atoms with van der Waals surface area (Å²) < 4.78 is 13.6. The smallest absolute Gasteiger partial charge is 0.242 e. The molecule has 0 saturated carbocycles. The maximum Gasteiger partial charge on any atom is 0.242 e. The highest BCUT2D eigenvalue weighted by Gasteiger charge is 2.19. The summed E-state index contributed by atoms with van der Waals surface area (Å²) >= 11 is 0. The highest BCUT2D eigenvalue weighted by atomic mass is 19.1. The minimum absolute atomic E-state index is 0.105. The lowest BCUT2D eigenvalue weighted by molar-refractivity contribution is -0.118. The lowest BCUT2D eigenvalue weighted by atomic mass is 10.00. The Hall–Kier alpha value is -2.67. The minimum atomic E-state index is -0.854. The van der Waals surface area contributed by atoms with E-state index in [2.05, 4.69) is 5.32 Å². The van der Waals surface area contributed by atoms with Crippen molar-refractivity contribution < 1.29 is 9.18 Å². The molecule has 4 heteroatoms. The number of nitriles is 1. The van der Waals surface area contributed by atoms with Crippen molar-refractivity contribution in [3.63, 3.8) is 0 Å². The van der Waals surface area contributed by atoms with Gasteiger partial charge in [-0.3, -0.25) is 4.79 Å². The topological polar surface area (TPSA) is 52.9 Å². The summed E-state index contributed by atoms with van der Waals surface area (Å²) in [6, 6.07) is 15.7. The van der Waals surface area contributed by atoms with E-state index in [1.54, 1.807) is 19.1 Å². The molecule has 3 nitrogen and oxygen atoms in total. The summed E-state index contributed by atoms with van der Waals surface area (Å²) in [7, 11) is 0. The summed E-state index contributed by atoms with van der Waals surface area (Å²) in [6.45, 7) is 1.81. The van der Waals surface area contributed by atoms with Crippen LogP contribution in [0, 0.1) is 30.0 Å². The van der Waals surface area contributed by atoms with Gasteiger partial charge in [0.05, 0.1) is 11.8 Å². The molecular formula is C17H15FN2O. The normalized spacial score (nSPS) is 11.5. The second-order valence-corrected chi connectivity index (χ2v) is 4.84. The number of amides is 1. The number of aryl methyl sites for hydroxylation is 1. The van der Waals surface area contributed by atoms with Gasteiger partial charge in [-0.25, -0.2) is 4.39 Å². The number of rotatable bonds is 4. The van der Waals surface area contributed by atoms with E-state index in [1.807, 2.05) is 36.4 Å². The molecule has 1 unspecified atom stereocenters. The van der Waals surface area contributed by atoms with Crippen molar-refractivity contribution in [1.29, 1.82) is 5.26 Å². The first-order valence-corrected chi connectivity index (χ1v) is 6.60. The molecule has 2 rings (SSSR count). The van der Waals surface area contributed by atoms with Gasteiger partial charge < -0.3 is 5.32 Å². The van der Waals surface area contributed by atoms with Gasteiger partial charge in [0, 0.05) is 0 Å². The number of benzene rings is 2. The van der Waals surface area contributed by atoms with E-state index < -0.39 is 17.6 Å². The third-order valence-corrected chi connectivity index (χ3v) is 3.13. The summed E-state index contributed by atoms with van der Waals surface area (Å²) in [4.78, 5) is 12.1. The van der Waals surface area contributed by atoms with Crippen molar-refractivity contribution in [2.75, 3.05) is 5.32 Å². The van der Waals surface area contributed by atoms with Gasteiger partial charge in [-0.1, -0.05) is 36.4 Å². The van der Waals surface area contributed by atoms with Gasteiger partial charge in [0.1, 0.15) is 11.7 Å². The van der Waals surface area contributed by atoms with Crippen LogP contribution in [0.1, 0.15) is 11.1 Å². The van der Waals surface area contributed by atoms with Crippen molar-refractivity contribution in [2.45, 2.75) is 13.3 Å². The quantitative estimate of drug-likeness (QED) is 0.933. The summed E-state index contributed by atoms with van der Waals surface area (Å²) in [6.07, 6.45) is 0.302.